The van der Waals surface area contributed by atoms with Gasteiger partial charge in [-0.2, -0.15) is 0 Å². The van der Waals surface area contributed by atoms with Crippen molar-refractivity contribution in [1.29, 1.82) is 0 Å². The summed E-state index contributed by atoms with van der Waals surface area (Å²) in [5.74, 6) is -0.409. The van der Waals surface area contributed by atoms with Crippen LogP contribution in [-0.2, 0) is 7.05 Å². The van der Waals surface area contributed by atoms with Gasteiger partial charge in [0.05, 0.1) is 11.7 Å². The summed E-state index contributed by atoms with van der Waals surface area (Å²) < 4.78 is 14.8. The van der Waals surface area contributed by atoms with Crippen LogP contribution in [0.15, 0.2) is 24.3 Å². The molecule has 1 heterocycles. The van der Waals surface area contributed by atoms with Gasteiger partial charge in [0.2, 0.25) is 0 Å². The van der Waals surface area contributed by atoms with E-state index in [0.717, 1.165) is 10.9 Å². The fourth-order valence-corrected chi connectivity index (χ4v) is 1.93. The van der Waals surface area contributed by atoms with Gasteiger partial charge in [-0.05, 0) is 30.7 Å². The van der Waals surface area contributed by atoms with E-state index >= 15 is 0 Å². The highest BCUT2D eigenvalue weighted by atomic mass is 19.1. The van der Waals surface area contributed by atoms with Crippen LogP contribution in [0.4, 0.5) is 4.39 Å². The Labute approximate surface area is 99.0 Å². The lowest BCUT2D eigenvalue weighted by Gasteiger charge is -2.08. The van der Waals surface area contributed by atoms with Gasteiger partial charge in [-0.3, -0.25) is 4.79 Å². The van der Waals surface area contributed by atoms with E-state index in [2.05, 4.69) is 0 Å². The smallest absolute Gasteiger partial charge is 0.195 e. The standard InChI is InChI=1S/C13H15FN2O/c1-3-10(15)13(17)12-7-8-6-9(14)4-5-11(8)16(12)2/h4-7,10H,3,15H2,1-2H3. The van der Waals surface area contributed by atoms with E-state index in [-0.39, 0.29) is 11.6 Å². The molecule has 0 saturated heterocycles. The minimum atomic E-state index is -0.497. The monoisotopic (exact) mass is 234 g/mol. The Morgan fingerprint density at radius 1 is 1.47 bits per heavy atom. The van der Waals surface area contributed by atoms with Gasteiger partial charge < -0.3 is 10.3 Å². The molecule has 1 unspecified atom stereocenters. The van der Waals surface area contributed by atoms with E-state index in [1.54, 1.807) is 23.7 Å². The van der Waals surface area contributed by atoms with Gasteiger partial charge in [-0.1, -0.05) is 6.92 Å². The number of aromatic nitrogens is 1. The summed E-state index contributed by atoms with van der Waals surface area (Å²) in [5, 5.41) is 0.721. The second kappa shape index (κ2) is 4.30. The van der Waals surface area contributed by atoms with Gasteiger partial charge in [-0.15, -0.1) is 0 Å². The summed E-state index contributed by atoms with van der Waals surface area (Å²) in [7, 11) is 1.79. The number of carbonyl (C=O) groups is 1. The van der Waals surface area contributed by atoms with Crippen LogP contribution in [0.25, 0.3) is 10.9 Å². The van der Waals surface area contributed by atoms with E-state index in [4.69, 9.17) is 5.73 Å². The van der Waals surface area contributed by atoms with Crippen molar-refractivity contribution in [3.8, 4) is 0 Å². The normalized spacial score (nSPS) is 12.9. The number of nitrogens with two attached hydrogens (primary N) is 1. The van der Waals surface area contributed by atoms with Crippen LogP contribution < -0.4 is 5.73 Å². The molecule has 0 saturated carbocycles. The van der Waals surface area contributed by atoms with Gasteiger partial charge in [0.15, 0.2) is 5.78 Å². The van der Waals surface area contributed by atoms with Crippen molar-refractivity contribution < 1.29 is 9.18 Å². The van der Waals surface area contributed by atoms with Crippen LogP contribution in [0.1, 0.15) is 23.8 Å². The Kier molecular flexibility index (Phi) is 2.98. The number of hydrogen-bond donors (Lipinski definition) is 1. The first-order chi connectivity index (χ1) is 8.04. The largest absolute Gasteiger partial charge is 0.341 e. The van der Waals surface area contributed by atoms with Crippen LogP contribution >= 0.6 is 0 Å². The number of carbonyl (C=O) groups excluding carboxylic acids is 1. The highest BCUT2D eigenvalue weighted by Crippen LogP contribution is 2.20. The molecule has 2 N–H and O–H groups in total. The fraction of sp³-hybridized carbons (Fsp3) is 0.308. The average Bonchev–Trinajstić information content (AvgIpc) is 2.64. The summed E-state index contributed by atoms with van der Waals surface area (Å²) in [6.07, 6.45) is 0.592. The molecule has 17 heavy (non-hydrogen) atoms. The first-order valence-electron chi connectivity index (χ1n) is 5.59. The van der Waals surface area contributed by atoms with E-state index < -0.39 is 6.04 Å². The molecule has 3 nitrogen and oxygen atoms in total. The van der Waals surface area contributed by atoms with Crippen LogP contribution in [-0.4, -0.2) is 16.4 Å². The molecule has 1 aromatic carbocycles. The van der Waals surface area contributed by atoms with Gasteiger partial charge in [0.25, 0.3) is 0 Å². The van der Waals surface area contributed by atoms with Gasteiger partial charge in [0.1, 0.15) is 5.82 Å². The van der Waals surface area contributed by atoms with Crippen molar-refractivity contribution in [2.75, 3.05) is 0 Å². The quantitative estimate of drug-likeness (QED) is 0.828. The maximum atomic E-state index is 13.1. The van der Waals surface area contributed by atoms with Crippen molar-refractivity contribution in [3.05, 3.63) is 35.8 Å². The molecular formula is C13H15FN2O. The molecule has 0 spiro atoms. The number of nitrogens with zero attached hydrogens (tertiary/aromatic N) is 1. The maximum Gasteiger partial charge on any atom is 0.195 e. The van der Waals surface area contributed by atoms with Crippen LogP contribution in [0.2, 0.25) is 0 Å². The lowest BCUT2D eigenvalue weighted by atomic mass is 10.1. The summed E-state index contributed by atoms with van der Waals surface area (Å²) in [4.78, 5) is 12.0. The third-order valence-corrected chi connectivity index (χ3v) is 3.03. The fourth-order valence-electron chi connectivity index (χ4n) is 1.93. The Hall–Kier alpha value is -1.68. The topological polar surface area (TPSA) is 48.0 Å². The van der Waals surface area contributed by atoms with Crippen molar-refractivity contribution in [1.82, 2.24) is 4.57 Å². The Morgan fingerprint density at radius 2 is 2.18 bits per heavy atom. The molecule has 0 bridgehead atoms. The molecule has 2 aromatic rings. The Balaban J connectivity index is 2.56. The zero-order valence-electron chi connectivity index (χ0n) is 9.90. The Morgan fingerprint density at radius 3 is 2.82 bits per heavy atom. The Bertz CT molecular complexity index is 574. The van der Waals surface area contributed by atoms with Gasteiger partial charge in [-0.25, -0.2) is 4.39 Å². The molecule has 0 fully saturated rings. The maximum absolute atomic E-state index is 13.1. The molecule has 0 radical (unpaired) electrons. The highest BCUT2D eigenvalue weighted by Gasteiger charge is 2.18. The minimum Gasteiger partial charge on any atom is -0.341 e. The van der Waals surface area contributed by atoms with Crippen LogP contribution in [0.3, 0.4) is 0 Å². The first kappa shape index (κ1) is 11.8. The average molecular weight is 234 g/mol. The summed E-state index contributed by atoms with van der Waals surface area (Å²) in [6.45, 7) is 1.87. The highest BCUT2D eigenvalue weighted by molar-refractivity contribution is 6.02. The summed E-state index contributed by atoms with van der Waals surface area (Å²) >= 11 is 0. The molecule has 0 aliphatic rings. The van der Waals surface area contributed by atoms with E-state index in [0.29, 0.717) is 12.1 Å². The predicted octanol–water partition coefficient (Wildman–Crippen LogP) is 2.24. The number of aryl methyl sites for hydroxylation is 1. The van der Waals surface area contributed by atoms with E-state index in [1.165, 1.54) is 12.1 Å². The number of fused-ring (bicyclic) bond motifs is 1. The number of ketones is 1. The van der Waals surface area contributed by atoms with Gasteiger partial charge in [0, 0.05) is 18.0 Å². The molecule has 2 rings (SSSR count). The molecular weight excluding hydrogens is 219 g/mol. The zero-order valence-corrected chi connectivity index (χ0v) is 9.90. The number of benzene rings is 1. The molecule has 90 valence electrons. The number of halogens is 1. The van der Waals surface area contributed by atoms with Crippen LogP contribution in [0.5, 0.6) is 0 Å². The molecule has 1 aromatic heterocycles. The lowest BCUT2D eigenvalue weighted by Crippen LogP contribution is -2.30. The minimum absolute atomic E-state index is 0.105. The van der Waals surface area contributed by atoms with Crippen molar-refractivity contribution in [3.63, 3.8) is 0 Å². The van der Waals surface area contributed by atoms with Gasteiger partial charge >= 0.3 is 0 Å². The second-order valence-corrected chi connectivity index (χ2v) is 4.17. The molecule has 0 aliphatic carbocycles. The van der Waals surface area contributed by atoms with Crippen molar-refractivity contribution in [2.45, 2.75) is 19.4 Å². The zero-order chi connectivity index (χ0) is 12.6. The molecule has 1 atom stereocenters. The number of rotatable bonds is 3. The van der Waals surface area contributed by atoms with Crippen molar-refractivity contribution in [2.24, 2.45) is 12.8 Å². The number of Topliss-reactive ketones (excluding diaryl/α,β-unsaturated/α-hetero) is 1. The first-order valence-corrected chi connectivity index (χ1v) is 5.59. The SMILES string of the molecule is CCC(N)C(=O)c1cc2cc(F)ccc2n1C. The molecule has 0 aliphatic heterocycles. The predicted molar refractivity (Wildman–Crippen MR) is 65.5 cm³/mol. The number of hydrogen-bond acceptors (Lipinski definition) is 2. The van der Waals surface area contributed by atoms with E-state index in [1.807, 2.05) is 6.92 Å². The molecule has 0 amide bonds. The summed E-state index contributed by atoms with van der Waals surface area (Å²) in [5.41, 5.74) is 7.09. The van der Waals surface area contributed by atoms with E-state index in [9.17, 15) is 9.18 Å². The van der Waals surface area contributed by atoms with Crippen LogP contribution in [0, 0.1) is 5.82 Å². The second-order valence-electron chi connectivity index (χ2n) is 4.17. The molecule has 4 heteroatoms. The van der Waals surface area contributed by atoms with Crippen molar-refractivity contribution >= 4 is 16.7 Å². The third kappa shape index (κ3) is 1.96. The lowest BCUT2D eigenvalue weighted by molar-refractivity contribution is 0.0952. The third-order valence-electron chi connectivity index (χ3n) is 3.03. The summed E-state index contributed by atoms with van der Waals surface area (Å²) in [6, 6.07) is 5.66.